The molecule has 7 heteroatoms. The molecule has 3 aromatic rings. The van der Waals surface area contributed by atoms with Crippen molar-refractivity contribution in [2.75, 3.05) is 13.2 Å². The SMILES string of the molecule is O=C1S/C(=C\c2cccc(OCc3ccc(Cl)cc3)c2)C(=O)N1CCOc1ccccc1. The average molecular weight is 466 g/mol. The number of ether oxygens (including phenoxy) is 2. The third-order valence-electron chi connectivity index (χ3n) is 4.68. The molecule has 2 amide bonds. The van der Waals surface area contributed by atoms with Gasteiger partial charge in [0.2, 0.25) is 0 Å². The Morgan fingerprint density at radius 1 is 0.875 bits per heavy atom. The maximum absolute atomic E-state index is 12.7. The summed E-state index contributed by atoms with van der Waals surface area (Å²) in [5, 5.41) is 0.379. The van der Waals surface area contributed by atoms with E-state index >= 15 is 0 Å². The number of nitrogens with zero attached hydrogens (tertiary/aromatic N) is 1. The second-order valence-corrected chi connectivity index (χ2v) is 8.41. The number of amides is 2. The van der Waals surface area contributed by atoms with Crippen molar-refractivity contribution < 1.29 is 19.1 Å². The monoisotopic (exact) mass is 465 g/mol. The van der Waals surface area contributed by atoms with Crippen molar-refractivity contribution in [1.29, 1.82) is 0 Å². The molecule has 5 nitrogen and oxygen atoms in total. The first kappa shape index (κ1) is 22.0. The highest BCUT2D eigenvalue weighted by Gasteiger charge is 2.34. The van der Waals surface area contributed by atoms with E-state index in [1.54, 1.807) is 6.08 Å². The molecule has 0 bridgehead atoms. The summed E-state index contributed by atoms with van der Waals surface area (Å²) in [5.41, 5.74) is 1.78. The topological polar surface area (TPSA) is 55.8 Å². The minimum absolute atomic E-state index is 0.196. The number of carbonyl (C=O) groups is 2. The first-order valence-corrected chi connectivity index (χ1v) is 11.2. The molecule has 0 aromatic heterocycles. The lowest BCUT2D eigenvalue weighted by Gasteiger charge is -2.13. The van der Waals surface area contributed by atoms with Crippen LogP contribution in [0.3, 0.4) is 0 Å². The Hall–Kier alpha value is -3.22. The Morgan fingerprint density at radius 3 is 2.41 bits per heavy atom. The number of hydrogen-bond acceptors (Lipinski definition) is 5. The maximum atomic E-state index is 12.7. The Balaban J connectivity index is 1.36. The highest BCUT2D eigenvalue weighted by atomic mass is 35.5. The van der Waals surface area contributed by atoms with Gasteiger partial charge in [-0.25, -0.2) is 0 Å². The van der Waals surface area contributed by atoms with Gasteiger partial charge in [0.15, 0.2) is 0 Å². The zero-order valence-corrected chi connectivity index (χ0v) is 18.6. The van der Waals surface area contributed by atoms with Gasteiger partial charge in [-0.3, -0.25) is 14.5 Å². The zero-order chi connectivity index (χ0) is 22.3. The molecule has 0 radical (unpaired) electrons. The fraction of sp³-hybridized carbons (Fsp3) is 0.120. The van der Waals surface area contributed by atoms with E-state index in [4.69, 9.17) is 21.1 Å². The van der Waals surface area contributed by atoms with Crippen molar-refractivity contribution in [2.24, 2.45) is 0 Å². The number of carbonyl (C=O) groups excluding carboxylic acids is 2. The van der Waals surface area contributed by atoms with Gasteiger partial charge in [0.1, 0.15) is 24.7 Å². The lowest BCUT2D eigenvalue weighted by molar-refractivity contribution is -0.123. The van der Waals surface area contributed by atoms with Gasteiger partial charge in [-0.15, -0.1) is 0 Å². The van der Waals surface area contributed by atoms with Crippen LogP contribution in [0.1, 0.15) is 11.1 Å². The smallest absolute Gasteiger partial charge is 0.293 e. The largest absolute Gasteiger partial charge is 0.492 e. The second kappa shape index (κ2) is 10.4. The molecule has 0 saturated carbocycles. The van der Waals surface area contributed by atoms with Crippen LogP contribution in [-0.4, -0.2) is 29.2 Å². The molecule has 0 atom stereocenters. The van der Waals surface area contributed by atoms with E-state index in [9.17, 15) is 9.59 Å². The van der Waals surface area contributed by atoms with Gasteiger partial charge >= 0.3 is 0 Å². The van der Waals surface area contributed by atoms with Crippen LogP contribution in [0, 0.1) is 0 Å². The molecule has 3 aromatic carbocycles. The van der Waals surface area contributed by atoms with Crippen molar-refractivity contribution in [1.82, 2.24) is 4.90 Å². The van der Waals surface area contributed by atoms with E-state index in [2.05, 4.69) is 0 Å². The highest BCUT2D eigenvalue weighted by molar-refractivity contribution is 8.18. The lowest BCUT2D eigenvalue weighted by atomic mass is 10.2. The maximum Gasteiger partial charge on any atom is 0.293 e. The Kier molecular flexibility index (Phi) is 7.14. The molecule has 0 aliphatic carbocycles. The molecule has 4 rings (SSSR count). The third-order valence-corrected chi connectivity index (χ3v) is 5.83. The number of halogens is 1. The fourth-order valence-corrected chi connectivity index (χ4v) is 4.05. The number of thioether (sulfide) groups is 1. The number of imide groups is 1. The van der Waals surface area contributed by atoms with Gasteiger partial charge in [-0.2, -0.15) is 0 Å². The van der Waals surface area contributed by atoms with Crippen LogP contribution in [0.4, 0.5) is 4.79 Å². The van der Waals surface area contributed by atoms with E-state index in [1.165, 1.54) is 4.90 Å². The van der Waals surface area contributed by atoms with Crippen molar-refractivity contribution >= 4 is 40.6 Å². The average Bonchev–Trinajstić information content (AvgIpc) is 3.07. The van der Waals surface area contributed by atoms with Gasteiger partial charge < -0.3 is 9.47 Å². The van der Waals surface area contributed by atoms with E-state index in [1.807, 2.05) is 78.9 Å². The number of hydrogen-bond donors (Lipinski definition) is 0. The third kappa shape index (κ3) is 5.72. The number of rotatable bonds is 8. The molecule has 0 spiro atoms. The first-order chi connectivity index (χ1) is 15.6. The highest BCUT2D eigenvalue weighted by Crippen LogP contribution is 2.32. The lowest BCUT2D eigenvalue weighted by Crippen LogP contribution is -2.32. The van der Waals surface area contributed by atoms with E-state index in [0.717, 1.165) is 22.9 Å². The summed E-state index contributed by atoms with van der Waals surface area (Å²) in [6, 6.07) is 24.1. The summed E-state index contributed by atoms with van der Waals surface area (Å²) in [5.74, 6) is 1.05. The standard InChI is InChI=1S/C25H20ClNO4S/c26-20-11-9-18(10-12-20)17-31-22-8-4-5-19(15-22)16-23-24(28)27(25(29)32-23)13-14-30-21-6-2-1-3-7-21/h1-12,15-16H,13-14,17H2/b23-16-. The summed E-state index contributed by atoms with van der Waals surface area (Å²) in [6.45, 7) is 0.836. The van der Waals surface area contributed by atoms with Crippen molar-refractivity contribution in [2.45, 2.75) is 6.61 Å². The summed E-state index contributed by atoms with van der Waals surface area (Å²) < 4.78 is 11.4. The summed E-state index contributed by atoms with van der Waals surface area (Å²) in [6.07, 6.45) is 1.71. The Bertz CT molecular complexity index is 1130. The van der Waals surface area contributed by atoms with Gasteiger partial charge in [0.05, 0.1) is 11.4 Å². The molecule has 0 unspecified atom stereocenters. The Labute approximate surface area is 195 Å². The molecule has 32 heavy (non-hydrogen) atoms. The molecule has 1 aliphatic rings. The minimum atomic E-state index is -0.316. The predicted octanol–water partition coefficient (Wildman–Crippen LogP) is 6.03. The van der Waals surface area contributed by atoms with Crippen LogP contribution in [0.5, 0.6) is 11.5 Å². The van der Waals surface area contributed by atoms with Gasteiger partial charge in [-0.05, 0) is 65.4 Å². The van der Waals surface area contributed by atoms with E-state index < -0.39 is 0 Å². The second-order valence-electron chi connectivity index (χ2n) is 6.98. The summed E-state index contributed by atoms with van der Waals surface area (Å²) in [7, 11) is 0. The summed E-state index contributed by atoms with van der Waals surface area (Å²) >= 11 is 6.84. The van der Waals surface area contributed by atoms with E-state index in [-0.39, 0.29) is 24.3 Å². The predicted molar refractivity (Wildman–Crippen MR) is 127 cm³/mol. The van der Waals surface area contributed by atoms with Gasteiger partial charge in [0.25, 0.3) is 11.1 Å². The van der Waals surface area contributed by atoms with E-state index in [0.29, 0.717) is 28.0 Å². The molecule has 1 saturated heterocycles. The van der Waals surface area contributed by atoms with Crippen LogP contribution in [0.15, 0.2) is 83.8 Å². The summed E-state index contributed by atoms with van der Waals surface area (Å²) in [4.78, 5) is 26.6. The molecule has 0 N–H and O–H groups in total. The van der Waals surface area contributed by atoms with Gasteiger partial charge in [0, 0.05) is 5.02 Å². The molecule has 162 valence electrons. The number of benzene rings is 3. The van der Waals surface area contributed by atoms with Crippen LogP contribution in [0.2, 0.25) is 5.02 Å². The molecular formula is C25H20ClNO4S. The fourth-order valence-electron chi connectivity index (χ4n) is 3.06. The molecule has 1 fully saturated rings. The normalized spacial score (nSPS) is 14.8. The number of para-hydroxylation sites is 1. The Morgan fingerprint density at radius 2 is 1.62 bits per heavy atom. The van der Waals surface area contributed by atoms with Gasteiger partial charge in [-0.1, -0.05) is 54.1 Å². The van der Waals surface area contributed by atoms with Crippen LogP contribution < -0.4 is 9.47 Å². The quantitative estimate of drug-likeness (QED) is 0.380. The molecule has 1 aliphatic heterocycles. The van der Waals surface area contributed by atoms with Crippen molar-refractivity contribution in [3.8, 4) is 11.5 Å². The van der Waals surface area contributed by atoms with Crippen LogP contribution in [-0.2, 0) is 11.4 Å². The van der Waals surface area contributed by atoms with Crippen LogP contribution in [0.25, 0.3) is 6.08 Å². The molecule has 1 heterocycles. The van der Waals surface area contributed by atoms with Crippen LogP contribution >= 0.6 is 23.4 Å². The first-order valence-electron chi connectivity index (χ1n) is 9.99. The molecular weight excluding hydrogens is 446 g/mol. The zero-order valence-electron chi connectivity index (χ0n) is 17.1. The van der Waals surface area contributed by atoms with Crippen molar-refractivity contribution in [3.05, 3.63) is 99.9 Å². The van der Waals surface area contributed by atoms with Crippen molar-refractivity contribution in [3.63, 3.8) is 0 Å². The minimum Gasteiger partial charge on any atom is -0.492 e.